The number of likely N-dealkylation sites (N-methyl/N-ethyl adjacent to an activating group) is 1. The number of hydrogen-bond donors (Lipinski definition) is 2. The van der Waals surface area contributed by atoms with Crippen LogP contribution in [0.1, 0.15) is 17.0 Å². The third-order valence-corrected chi connectivity index (χ3v) is 6.51. The second-order valence-corrected chi connectivity index (χ2v) is 9.86. The molecule has 1 atom stereocenters. The van der Waals surface area contributed by atoms with Gasteiger partial charge < -0.3 is 15.0 Å². The van der Waals surface area contributed by atoms with Crippen LogP contribution in [0.2, 0.25) is 0 Å². The minimum Gasteiger partial charge on any atom is -0.490 e. The van der Waals surface area contributed by atoms with Crippen LogP contribution in [0.15, 0.2) is 77.8 Å². The molecule has 2 aromatic heterocycles. The lowest BCUT2D eigenvalue weighted by Crippen LogP contribution is -2.42. The lowest BCUT2D eigenvalue weighted by Gasteiger charge is -2.21. The first-order chi connectivity index (χ1) is 18.0. The van der Waals surface area contributed by atoms with Gasteiger partial charge in [-0.15, -0.1) is 11.3 Å². The summed E-state index contributed by atoms with van der Waals surface area (Å²) >= 11 is 1.54. The number of hydrogen-bond acceptors (Lipinski definition) is 7. The average Bonchev–Trinajstić information content (AvgIpc) is 3.41. The first-order valence-electron chi connectivity index (χ1n) is 12.3. The Morgan fingerprint density at radius 2 is 1.86 bits per heavy atom. The Hall–Kier alpha value is -3.59. The van der Waals surface area contributed by atoms with E-state index in [0.29, 0.717) is 31.0 Å². The van der Waals surface area contributed by atoms with Crippen LogP contribution < -0.4 is 15.4 Å². The molecule has 0 fully saturated rings. The number of aryl methyl sites for hydroxylation is 1. The molecule has 37 heavy (non-hydrogen) atoms. The second-order valence-electron chi connectivity index (χ2n) is 9.14. The summed E-state index contributed by atoms with van der Waals surface area (Å²) in [5.41, 5.74) is 7.39. The Balaban J connectivity index is 1.59. The molecule has 192 valence electrons. The lowest BCUT2D eigenvalue weighted by atomic mass is 10.0. The molecule has 2 aromatic carbocycles. The highest BCUT2D eigenvalue weighted by molar-refractivity contribution is 7.07. The van der Waals surface area contributed by atoms with Gasteiger partial charge in [-0.1, -0.05) is 36.4 Å². The van der Waals surface area contributed by atoms with E-state index in [-0.39, 0.29) is 5.91 Å². The van der Waals surface area contributed by atoms with E-state index in [1.807, 2.05) is 87.1 Å². The quantitative estimate of drug-likeness (QED) is 0.282. The zero-order valence-corrected chi connectivity index (χ0v) is 22.3. The third-order valence-electron chi connectivity index (χ3n) is 5.88. The number of anilines is 1. The summed E-state index contributed by atoms with van der Waals surface area (Å²) in [7, 11) is 4.01. The maximum Gasteiger partial charge on any atom is 0.241 e. The zero-order chi connectivity index (χ0) is 26.0. The number of benzene rings is 2. The second kappa shape index (κ2) is 13.1. The first-order valence-corrected chi connectivity index (χ1v) is 13.2. The van der Waals surface area contributed by atoms with Crippen molar-refractivity contribution in [3.05, 3.63) is 94.7 Å². The molecule has 0 bridgehead atoms. The largest absolute Gasteiger partial charge is 0.490 e. The summed E-state index contributed by atoms with van der Waals surface area (Å²) in [6, 6.07) is 19.5. The normalized spacial score (nSPS) is 11.9. The third kappa shape index (κ3) is 7.95. The van der Waals surface area contributed by atoms with E-state index >= 15 is 0 Å². The van der Waals surface area contributed by atoms with Gasteiger partial charge in [0, 0.05) is 30.4 Å². The van der Waals surface area contributed by atoms with Crippen molar-refractivity contribution in [3.63, 3.8) is 0 Å². The van der Waals surface area contributed by atoms with E-state index in [9.17, 15) is 4.79 Å². The van der Waals surface area contributed by atoms with Crippen LogP contribution in [0.25, 0.3) is 11.1 Å². The Labute approximate surface area is 222 Å². The monoisotopic (exact) mass is 515 g/mol. The number of thiazole rings is 1. The molecule has 0 aliphatic carbocycles. The summed E-state index contributed by atoms with van der Waals surface area (Å²) in [5.74, 6) is 0.516. The average molecular weight is 516 g/mol. The van der Waals surface area contributed by atoms with Crippen LogP contribution in [0.5, 0.6) is 5.75 Å². The summed E-state index contributed by atoms with van der Waals surface area (Å²) < 4.78 is 6.08. The van der Waals surface area contributed by atoms with E-state index in [1.165, 1.54) is 0 Å². The summed E-state index contributed by atoms with van der Waals surface area (Å²) in [5, 5.41) is 8.54. The molecule has 0 unspecified atom stereocenters. The molecule has 0 spiro atoms. The van der Waals surface area contributed by atoms with Gasteiger partial charge in [-0.3, -0.25) is 15.1 Å². The fourth-order valence-electron chi connectivity index (χ4n) is 3.88. The smallest absolute Gasteiger partial charge is 0.241 e. The summed E-state index contributed by atoms with van der Waals surface area (Å²) in [4.78, 5) is 24.4. The molecule has 7 nitrogen and oxygen atoms in total. The maximum absolute atomic E-state index is 13.6. The van der Waals surface area contributed by atoms with Gasteiger partial charge in [-0.2, -0.15) is 0 Å². The standard InChI is InChI=1S/C29H33N5O2S/c1-21-15-24(11-12-30-21)23-9-10-28(36-14-13-34(2)3)26(17-23)33-29(35)27(16-22-7-5-4-6-8-22)31-18-25-19-37-20-32-25/h4-12,15,17,19-20,27,31H,13-14,16,18H2,1-3H3,(H,33,35)/t27-/m0/s1. The van der Waals surface area contributed by atoms with Crippen LogP contribution in [-0.2, 0) is 17.8 Å². The van der Waals surface area contributed by atoms with Crippen molar-refractivity contribution in [2.45, 2.75) is 25.9 Å². The van der Waals surface area contributed by atoms with Crippen molar-refractivity contribution >= 4 is 22.9 Å². The Morgan fingerprint density at radius 1 is 1.05 bits per heavy atom. The molecule has 1 amide bonds. The molecular weight excluding hydrogens is 482 g/mol. The van der Waals surface area contributed by atoms with Gasteiger partial charge in [0.25, 0.3) is 0 Å². The summed E-state index contributed by atoms with van der Waals surface area (Å²) in [6.07, 6.45) is 2.35. The van der Waals surface area contributed by atoms with Crippen molar-refractivity contribution in [3.8, 4) is 16.9 Å². The van der Waals surface area contributed by atoms with E-state index in [4.69, 9.17) is 4.74 Å². The highest BCUT2D eigenvalue weighted by Crippen LogP contribution is 2.31. The van der Waals surface area contributed by atoms with Crippen LogP contribution in [0.3, 0.4) is 0 Å². The number of pyridine rings is 1. The SMILES string of the molecule is Cc1cc(-c2ccc(OCCN(C)C)c(NC(=O)[C@H](Cc3ccccc3)NCc3cscn3)c2)ccn1. The van der Waals surface area contributed by atoms with Crippen molar-refractivity contribution in [1.82, 2.24) is 20.2 Å². The van der Waals surface area contributed by atoms with E-state index in [0.717, 1.165) is 34.6 Å². The number of carbonyl (C=O) groups is 1. The molecule has 0 radical (unpaired) electrons. The fraction of sp³-hybridized carbons (Fsp3) is 0.276. The highest BCUT2D eigenvalue weighted by Gasteiger charge is 2.21. The van der Waals surface area contributed by atoms with E-state index in [1.54, 1.807) is 23.0 Å². The van der Waals surface area contributed by atoms with E-state index in [2.05, 4.69) is 25.5 Å². The van der Waals surface area contributed by atoms with Crippen molar-refractivity contribution in [2.24, 2.45) is 0 Å². The fourth-order valence-corrected chi connectivity index (χ4v) is 4.43. The minimum atomic E-state index is -0.453. The van der Waals surface area contributed by atoms with Gasteiger partial charge in [-0.05, 0) is 68.4 Å². The van der Waals surface area contributed by atoms with Gasteiger partial charge in [0.2, 0.25) is 5.91 Å². The number of nitrogens with one attached hydrogen (secondary N) is 2. The number of nitrogens with zero attached hydrogens (tertiary/aromatic N) is 3. The number of rotatable bonds is 12. The molecule has 4 aromatic rings. The molecule has 0 aliphatic heterocycles. The number of ether oxygens (including phenoxy) is 1. The molecule has 8 heteroatoms. The molecular formula is C29H33N5O2S. The zero-order valence-electron chi connectivity index (χ0n) is 21.5. The molecule has 2 N–H and O–H groups in total. The lowest BCUT2D eigenvalue weighted by molar-refractivity contribution is -0.118. The van der Waals surface area contributed by atoms with Crippen LogP contribution in [0.4, 0.5) is 5.69 Å². The Morgan fingerprint density at radius 3 is 2.59 bits per heavy atom. The number of amides is 1. The van der Waals surface area contributed by atoms with Gasteiger partial charge in [0.1, 0.15) is 12.4 Å². The topological polar surface area (TPSA) is 79.4 Å². The maximum atomic E-state index is 13.6. The van der Waals surface area contributed by atoms with Crippen molar-refractivity contribution < 1.29 is 9.53 Å². The molecule has 4 rings (SSSR count). The van der Waals surface area contributed by atoms with Gasteiger partial charge in [0.15, 0.2) is 0 Å². The minimum absolute atomic E-state index is 0.125. The van der Waals surface area contributed by atoms with Crippen molar-refractivity contribution in [1.29, 1.82) is 0 Å². The first kappa shape index (κ1) is 26.5. The molecule has 0 saturated carbocycles. The Bertz CT molecular complexity index is 1280. The molecule has 0 aliphatic rings. The van der Waals surface area contributed by atoms with Crippen LogP contribution >= 0.6 is 11.3 Å². The number of carbonyl (C=O) groups excluding carboxylic acids is 1. The van der Waals surface area contributed by atoms with Crippen molar-refractivity contribution in [2.75, 3.05) is 32.6 Å². The predicted octanol–water partition coefficient (Wildman–Crippen LogP) is 4.79. The highest BCUT2D eigenvalue weighted by atomic mass is 32.1. The predicted molar refractivity (Wildman–Crippen MR) is 150 cm³/mol. The van der Waals surface area contributed by atoms with Gasteiger partial charge >= 0.3 is 0 Å². The molecule has 2 heterocycles. The van der Waals surface area contributed by atoms with E-state index < -0.39 is 6.04 Å². The summed E-state index contributed by atoms with van der Waals surface area (Å²) in [6.45, 7) is 3.76. The van der Waals surface area contributed by atoms with Crippen LogP contribution in [0, 0.1) is 6.92 Å². The number of aromatic nitrogens is 2. The van der Waals surface area contributed by atoms with Gasteiger partial charge in [0.05, 0.1) is 22.9 Å². The van der Waals surface area contributed by atoms with Crippen LogP contribution in [-0.4, -0.2) is 54.1 Å². The molecule has 0 saturated heterocycles. The van der Waals surface area contributed by atoms with Gasteiger partial charge in [-0.25, -0.2) is 4.98 Å². The Kier molecular flexibility index (Phi) is 9.37.